The van der Waals surface area contributed by atoms with Gasteiger partial charge in [-0.1, -0.05) is 17.7 Å². The number of fused-ring (bicyclic) bond motifs is 1. The summed E-state index contributed by atoms with van der Waals surface area (Å²) in [5.74, 6) is -1.45. The van der Waals surface area contributed by atoms with Crippen LogP contribution in [-0.2, 0) is 4.79 Å². The molecule has 1 aliphatic heterocycles. The summed E-state index contributed by atoms with van der Waals surface area (Å²) < 4.78 is 0. The van der Waals surface area contributed by atoms with Crippen LogP contribution in [-0.4, -0.2) is 35.9 Å². The van der Waals surface area contributed by atoms with Gasteiger partial charge in [0.1, 0.15) is 0 Å². The van der Waals surface area contributed by atoms with Gasteiger partial charge in [0.15, 0.2) is 6.10 Å². The Hall–Kier alpha value is -1.55. The first kappa shape index (κ1) is 11.9. The maximum atomic E-state index is 10.9. The van der Waals surface area contributed by atoms with Crippen LogP contribution >= 0.6 is 0 Å². The van der Waals surface area contributed by atoms with Crippen LogP contribution in [0.2, 0.25) is 0 Å². The van der Waals surface area contributed by atoms with E-state index in [4.69, 9.17) is 5.11 Å². The summed E-state index contributed by atoms with van der Waals surface area (Å²) in [6, 6.07) is 5.97. The first-order valence-electron chi connectivity index (χ1n) is 5.73. The first-order chi connectivity index (χ1) is 8.00. The van der Waals surface area contributed by atoms with Gasteiger partial charge >= 0.3 is 5.97 Å². The molecule has 0 radical (unpaired) electrons. The number of carboxylic acid groups (broad SMARTS) is 1. The van der Waals surface area contributed by atoms with Gasteiger partial charge in [-0.05, 0) is 25.0 Å². The number of hydrogen-bond donors (Lipinski definition) is 2. The molecule has 0 amide bonds. The van der Waals surface area contributed by atoms with Crippen LogP contribution in [0.25, 0.3) is 0 Å². The van der Waals surface area contributed by atoms with Gasteiger partial charge in [-0.15, -0.1) is 0 Å². The van der Waals surface area contributed by atoms with Crippen LogP contribution in [0.3, 0.4) is 0 Å². The maximum absolute atomic E-state index is 10.9. The molecule has 2 atom stereocenters. The molecule has 0 aromatic heterocycles. The highest BCUT2D eigenvalue weighted by Gasteiger charge is 2.32. The van der Waals surface area contributed by atoms with Gasteiger partial charge < -0.3 is 15.1 Å². The lowest BCUT2D eigenvalue weighted by Crippen LogP contribution is -2.35. The zero-order chi connectivity index (χ0) is 12.6. The van der Waals surface area contributed by atoms with Gasteiger partial charge in [-0.25, -0.2) is 4.79 Å². The Morgan fingerprint density at radius 1 is 1.53 bits per heavy atom. The number of carbonyl (C=O) groups is 1. The Balaban J connectivity index is 2.44. The van der Waals surface area contributed by atoms with E-state index in [-0.39, 0.29) is 5.92 Å². The van der Waals surface area contributed by atoms with Crippen LogP contribution in [0.1, 0.15) is 23.5 Å². The Morgan fingerprint density at radius 3 is 2.88 bits per heavy atom. The second-order valence-electron chi connectivity index (χ2n) is 4.66. The molecule has 0 saturated carbocycles. The molecule has 0 aliphatic carbocycles. The van der Waals surface area contributed by atoms with E-state index in [1.54, 1.807) is 0 Å². The minimum absolute atomic E-state index is 0.307. The number of hydrogen-bond acceptors (Lipinski definition) is 3. The number of aliphatic hydroxyl groups is 1. The second-order valence-corrected chi connectivity index (χ2v) is 4.66. The lowest BCUT2D eigenvalue weighted by Gasteiger charge is -2.34. The lowest BCUT2D eigenvalue weighted by molar-refractivity contribution is -0.148. The van der Waals surface area contributed by atoms with Gasteiger partial charge in [0.25, 0.3) is 0 Å². The van der Waals surface area contributed by atoms with Crippen LogP contribution in [0.5, 0.6) is 0 Å². The summed E-state index contributed by atoms with van der Waals surface area (Å²) in [5, 5.41) is 18.7. The minimum Gasteiger partial charge on any atom is -0.479 e. The van der Waals surface area contributed by atoms with Gasteiger partial charge in [0.05, 0.1) is 0 Å². The van der Waals surface area contributed by atoms with Crippen molar-refractivity contribution in [2.24, 2.45) is 0 Å². The summed E-state index contributed by atoms with van der Waals surface area (Å²) in [4.78, 5) is 13.0. The largest absolute Gasteiger partial charge is 0.479 e. The minimum atomic E-state index is -1.32. The van der Waals surface area contributed by atoms with Crippen molar-refractivity contribution >= 4 is 11.7 Å². The topological polar surface area (TPSA) is 60.8 Å². The van der Waals surface area contributed by atoms with Crippen LogP contribution in [0, 0.1) is 6.92 Å². The standard InChI is InChI=1S/C13H17NO3/c1-8-3-4-11-10(7-8)9(5-6-14(11)2)12(15)13(16)17/h3-4,7,9,12,15H,5-6H2,1-2H3,(H,16,17). The molecule has 2 N–H and O–H groups in total. The SMILES string of the molecule is Cc1ccc2c(c1)C(C(O)C(=O)O)CCN2C. The number of benzene rings is 1. The molecule has 92 valence electrons. The molecule has 1 aliphatic rings. The van der Waals surface area contributed by atoms with E-state index < -0.39 is 12.1 Å². The van der Waals surface area contributed by atoms with Crippen molar-refractivity contribution in [3.05, 3.63) is 29.3 Å². The highest BCUT2D eigenvalue weighted by atomic mass is 16.4. The quantitative estimate of drug-likeness (QED) is 0.812. The van der Waals surface area contributed by atoms with Crippen molar-refractivity contribution in [2.75, 3.05) is 18.5 Å². The van der Waals surface area contributed by atoms with Gasteiger partial charge in [0, 0.05) is 25.2 Å². The molecular weight excluding hydrogens is 218 g/mol. The molecule has 4 heteroatoms. The van der Waals surface area contributed by atoms with E-state index in [1.165, 1.54) is 0 Å². The fourth-order valence-electron chi connectivity index (χ4n) is 2.43. The summed E-state index contributed by atoms with van der Waals surface area (Å²) >= 11 is 0. The summed E-state index contributed by atoms with van der Waals surface area (Å²) in [6.45, 7) is 2.74. The Morgan fingerprint density at radius 2 is 2.24 bits per heavy atom. The summed E-state index contributed by atoms with van der Waals surface area (Å²) in [5.41, 5.74) is 3.04. The lowest BCUT2D eigenvalue weighted by atomic mass is 9.85. The van der Waals surface area contributed by atoms with Crippen molar-refractivity contribution in [1.29, 1.82) is 0 Å². The molecule has 0 bridgehead atoms. The number of aryl methyl sites for hydroxylation is 1. The third kappa shape index (κ3) is 2.13. The van der Waals surface area contributed by atoms with E-state index >= 15 is 0 Å². The predicted octanol–water partition coefficient (Wildman–Crippen LogP) is 1.36. The number of aliphatic carboxylic acids is 1. The zero-order valence-electron chi connectivity index (χ0n) is 10.1. The molecule has 1 aromatic rings. The number of carboxylic acids is 1. The molecule has 2 rings (SSSR count). The van der Waals surface area contributed by atoms with Crippen molar-refractivity contribution in [1.82, 2.24) is 0 Å². The average Bonchev–Trinajstić information content (AvgIpc) is 2.28. The fourth-order valence-corrected chi connectivity index (χ4v) is 2.43. The highest BCUT2D eigenvalue weighted by molar-refractivity contribution is 5.75. The van der Waals surface area contributed by atoms with Gasteiger partial charge in [0.2, 0.25) is 0 Å². The predicted molar refractivity (Wildman–Crippen MR) is 65.4 cm³/mol. The highest BCUT2D eigenvalue weighted by Crippen LogP contribution is 2.37. The van der Waals surface area contributed by atoms with Crippen molar-refractivity contribution < 1.29 is 15.0 Å². The van der Waals surface area contributed by atoms with Crippen LogP contribution in [0.15, 0.2) is 18.2 Å². The fraction of sp³-hybridized carbons (Fsp3) is 0.462. The normalized spacial score (nSPS) is 20.9. The molecule has 1 heterocycles. The van der Waals surface area contributed by atoms with Gasteiger partial charge in [-0.3, -0.25) is 0 Å². The number of nitrogens with zero attached hydrogens (tertiary/aromatic N) is 1. The van der Waals surface area contributed by atoms with Crippen molar-refractivity contribution in [3.63, 3.8) is 0 Å². The maximum Gasteiger partial charge on any atom is 0.333 e. The molecule has 17 heavy (non-hydrogen) atoms. The number of anilines is 1. The van der Waals surface area contributed by atoms with Gasteiger partial charge in [-0.2, -0.15) is 0 Å². The number of aliphatic hydroxyl groups excluding tert-OH is 1. The molecule has 2 unspecified atom stereocenters. The third-order valence-electron chi connectivity index (χ3n) is 3.40. The van der Waals surface area contributed by atoms with E-state index in [2.05, 4.69) is 4.90 Å². The molecule has 4 nitrogen and oxygen atoms in total. The van der Waals surface area contributed by atoms with Crippen LogP contribution in [0.4, 0.5) is 5.69 Å². The average molecular weight is 235 g/mol. The number of rotatable bonds is 2. The monoisotopic (exact) mass is 235 g/mol. The molecule has 1 aromatic carbocycles. The first-order valence-corrected chi connectivity index (χ1v) is 5.73. The molecular formula is C13H17NO3. The third-order valence-corrected chi connectivity index (χ3v) is 3.40. The Kier molecular flexibility index (Phi) is 3.07. The zero-order valence-corrected chi connectivity index (χ0v) is 10.1. The van der Waals surface area contributed by atoms with Crippen molar-refractivity contribution in [2.45, 2.75) is 25.4 Å². The van der Waals surface area contributed by atoms with E-state index in [0.29, 0.717) is 6.42 Å². The molecule has 0 fully saturated rings. The summed E-state index contributed by atoms with van der Waals surface area (Å²) in [6.07, 6.45) is -0.648. The van der Waals surface area contributed by atoms with E-state index in [9.17, 15) is 9.90 Å². The van der Waals surface area contributed by atoms with Crippen molar-refractivity contribution in [3.8, 4) is 0 Å². The van der Waals surface area contributed by atoms with E-state index in [1.807, 2.05) is 32.2 Å². The smallest absolute Gasteiger partial charge is 0.333 e. The molecule has 0 spiro atoms. The second kappa shape index (κ2) is 4.37. The Bertz CT molecular complexity index is 444. The Labute approximate surface area is 100 Å². The van der Waals surface area contributed by atoms with Crippen LogP contribution < -0.4 is 4.90 Å². The molecule has 0 saturated heterocycles. The summed E-state index contributed by atoms with van der Waals surface area (Å²) in [7, 11) is 1.98. The van der Waals surface area contributed by atoms with E-state index in [0.717, 1.165) is 23.4 Å².